The lowest BCUT2D eigenvalue weighted by atomic mass is 10.1. The van der Waals surface area contributed by atoms with Crippen LogP contribution in [0.5, 0.6) is 0 Å². The highest BCUT2D eigenvalue weighted by Crippen LogP contribution is 2.26. The molecule has 0 saturated carbocycles. The number of hydrogen-bond acceptors (Lipinski definition) is 5. The molecule has 0 N–H and O–H groups in total. The highest BCUT2D eigenvalue weighted by molar-refractivity contribution is 7.11. The van der Waals surface area contributed by atoms with Crippen molar-refractivity contribution in [1.29, 1.82) is 10.5 Å². The van der Waals surface area contributed by atoms with Crippen LogP contribution < -0.4 is 0 Å². The van der Waals surface area contributed by atoms with Gasteiger partial charge in [0.25, 0.3) is 0 Å². The van der Waals surface area contributed by atoms with E-state index in [1.165, 1.54) is 11.3 Å². The van der Waals surface area contributed by atoms with Crippen molar-refractivity contribution >= 4 is 23.0 Å². The summed E-state index contributed by atoms with van der Waals surface area (Å²) in [5.41, 5.74) is 3.35. The van der Waals surface area contributed by atoms with Crippen LogP contribution in [-0.2, 0) is 0 Å². The molecular formula is C18H10N4S. The lowest BCUT2D eigenvalue weighted by molar-refractivity contribution is 1.27. The molecule has 108 valence electrons. The number of aromatic nitrogens is 2. The summed E-state index contributed by atoms with van der Waals surface area (Å²) in [6, 6.07) is 17.0. The first-order valence-corrected chi connectivity index (χ1v) is 7.67. The van der Waals surface area contributed by atoms with Gasteiger partial charge in [0.1, 0.15) is 16.8 Å². The van der Waals surface area contributed by atoms with Crippen molar-refractivity contribution in [2.75, 3.05) is 0 Å². The zero-order valence-electron chi connectivity index (χ0n) is 12.0. The Morgan fingerprint density at radius 2 is 2.00 bits per heavy atom. The average molecular weight is 314 g/mol. The predicted molar refractivity (Wildman–Crippen MR) is 90.0 cm³/mol. The third-order valence-corrected chi connectivity index (χ3v) is 3.98. The van der Waals surface area contributed by atoms with E-state index in [9.17, 15) is 5.26 Å². The Morgan fingerprint density at radius 1 is 1.09 bits per heavy atom. The summed E-state index contributed by atoms with van der Waals surface area (Å²) in [5, 5.41) is 20.9. The lowest BCUT2D eigenvalue weighted by Crippen LogP contribution is -1.85. The molecule has 0 saturated heterocycles. The Bertz CT molecular complexity index is 943. The van der Waals surface area contributed by atoms with Crippen LogP contribution in [0.25, 0.3) is 23.0 Å². The van der Waals surface area contributed by atoms with E-state index in [0.717, 1.165) is 17.0 Å². The first-order chi connectivity index (χ1) is 11.3. The molecule has 0 radical (unpaired) electrons. The molecule has 0 atom stereocenters. The van der Waals surface area contributed by atoms with Crippen LogP contribution in [0.3, 0.4) is 0 Å². The fraction of sp³-hybridized carbons (Fsp3) is 0. The maximum Gasteiger partial charge on any atom is 0.134 e. The van der Waals surface area contributed by atoms with E-state index >= 15 is 0 Å². The Labute approximate surface area is 137 Å². The van der Waals surface area contributed by atoms with E-state index in [-0.39, 0.29) is 0 Å². The van der Waals surface area contributed by atoms with Crippen LogP contribution in [0.1, 0.15) is 16.1 Å². The van der Waals surface area contributed by atoms with Crippen molar-refractivity contribution in [1.82, 2.24) is 9.97 Å². The van der Waals surface area contributed by atoms with Crippen LogP contribution in [0, 0.1) is 22.7 Å². The van der Waals surface area contributed by atoms with Crippen LogP contribution in [0.15, 0.2) is 54.0 Å². The van der Waals surface area contributed by atoms with Crippen molar-refractivity contribution in [2.24, 2.45) is 0 Å². The molecule has 4 nitrogen and oxygen atoms in total. The van der Waals surface area contributed by atoms with Crippen molar-refractivity contribution < 1.29 is 0 Å². The first kappa shape index (κ1) is 14.6. The molecule has 0 spiro atoms. The van der Waals surface area contributed by atoms with Gasteiger partial charge in [0.05, 0.1) is 22.9 Å². The van der Waals surface area contributed by atoms with Crippen LogP contribution in [-0.4, -0.2) is 9.97 Å². The molecule has 0 aliphatic heterocycles. The van der Waals surface area contributed by atoms with Gasteiger partial charge in [-0.15, -0.1) is 11.3 Å². The first-order valence-electron chi connectivity index (χ1n) is 6.79. The molecule has 0 aliphatic rings. The highest BCUT2D eigenvalue weighted by atomic mass is 32.1. The molecule has 3 rings (SSSR count). The average Bonchev–Trinajstić information content (AvgIpc) is 3.10. The van der Waals surface area contributed by atoms with Crippen molar-refractivity contribution in [2.45, 2.75) is 0 Å². The number of hydrogen-bond donors (Lipinski definition) is 0. The quantitative estimate of drug-likeness (QED) is 0.681. The number of benzene rings is 1. The van der Waals surface area contributed by atoms with Crippen molar-refractivity contribution in [3.63, 3.8) is 0 Å². The maximum atomic E-state index is 9.41. The number of pyridine rings is 1. The van der Waals surface area contributed by atoms with Crippen molar-refractivity contribution in [3.8, 4) is 23.5 Å². The van der Waals surface area contributed by atoms with E-state index in [1.54, 1.807) is 30.5 Å². The van der Waals surface area contributed by atoms with E-state index in [1.807, 2.05) is 29.6 Å². The molecule has 3 aromatic rings. The van der Waals surface area contributed by atoms with Gasteiger partial charge in [0, 0.05) is 11.6 Å². The van der Waals surface area contributed by atoms with Gasteiger partial charge in [-0.1, -0.05) is 18.2 Å². The molecule has 2 heterocycles. The van der Waals surface area contributed by atoms with Crippen LogP contribution in [0.2, 0.25) is 0 Å². The standard InChI is InChI=1S/C18H10N4S/c19-10-14-5-3-4-13(8-14)9-15(11-20)18-22-17(12-23-18)16-6-1-2-7-21-16/h1-9,12H/b15-9+. The van der Waals surface area contributed by atoms with Gasteiger partial charge < -0.3 is 0 Å². The Hall–Kier alpha value is -3.28. The number of thiazole rings is 1. The number of rotatable bonds is 3. The second-order valence-corrected chi connectivity index (χ2v) is 5.52. The van der Waals surface area contributed by atoms with Crippen molar-refractivity contribution in [3.05, 3.63) is 70.2 Å². The smallest absolute Gasteiger partial charge is 0.134 e. The third kappa shape index (κ3) is 3.32. The summed E-state index contributed by atoms with van der Waals surface area (Å²) in [5.74, 6) is 0. The van der Waals surface area contributed by atoms with E-state index in [2.05, 4.69) is 22.1 Å². The fourth-order valence-electron chi connectivity index (χ4n) is 2.04. The monoisotopic (exact) mass is 314 g/mol. The molecule has 0 unspecified atom stereocenters. The normalized spacial score (nSPS) is 10.8. The van der Waals surface area contributed by atoms with Gasteiger partial charge >= 0.3 is 0 Å². The number of allylic oxidation sites excluding steroid dienone is 1. The van der Waals surface area contributed by atoms with Crippen LogP contribution in [0.4, 0.5) is 0 Å². The fourth-order valence-corrected chi connectivity index (χ4v) is 2.82. The zero-order valence-corrected chi connectivity index (χ0v) is 12.8. The van der Waals surface area contributed by atoms with Gasteiger partial charge in [-0.3, -0.25) is 4.98 Å². The SMILES string of the molecule is N#C/C(=C\c1cccc(C#N)c1)c1nc(-c2ccccn2)cs1. The molecule has 23 heavy (non-hydrogen) atoms. The minimum Gasteiger partial charge on any atom is -0.255 e. The minimum absolute atomic E-state index is 0.465. The van der Waals surface area contributed by atoms with E-state index in [4.69, 9.17) is 5.26 Å². The molecule has 1 aromatic carbocycles. The molecular weight excluding hydrogens is 304 g/mol. The van der Waals surface area contributed by atoms with Gasteiger partial charge in [0.2, 0.25) is 0 Å². The minimum atomic E-state index is 0.465. The van der Waals surface area contributed by atoms with Gasteiger partial charge in [-0.25, -0.2) is 4.98 Å². The molecule has 2 aromatic heterocycles. The van der Waals surface area contributed by atoms with Gasteiger partial charge in [-0.2, -0.15) is 10.5 Å². The van der Waals surface area contributed by atoms with Gasteiger partial charge in [0.15, 0.2) is 0 Å². The second-order valence-electron chi connectivity index (χ2n) is 4.66. The van der Waals surface area contributed by atoms with Crippen LogP contribution >= 0.6 is 11.3 Å². The summed E-state index contributed by atoms with van der Waals surface area (Å²) in [7, 11) is 0. The summed E-state index contributed by atoms with van der Waals surface area (Å²) in [6.07, 6.45) is 3.45. The largest absolute Gasteiger partial charge is 0.255 e. The van der Waals surface area contributed by atoms with E-state index < -0.39 is 0 Å². The number of nitriles is 2. The third-order valence-electron chi connectivity index (χ3n) is 3.11. The van der Waals surface area contributed by atoms with E-state index in [0.29, 0.717) is 16.1 Å². The lowest BCUT2D eigenvalue weighted by Gasteiger charge is -1.97. The Kier molecular flexibility index (Phi) is 4.24. The predicted octanol–water partition coefficient (Wildman–Crippen LogP) is 4.14. The zero-order chi connectivity index (χ0) is 16.1. The molecule has 0 bridgehead atoms. The summed E-state index contributed by atoms with van der Waals surface area (Å²) in [6.45, 7) is 0. The van der Waals surface area contributed by atoms with Gasteiger partial charge in [-0.05, 0) is 35.9 Å². The second kappa shape index (κ2) is 6.65. The Morgan fingerprint density at radius 3 is 2.74 bits per heavy atom. The topological polar surface area (TPSA) is 73.4 Å². The summed E-state index contributed by atoms with van der Waals surface area (Å²) in [4.78, 5) is 8.75. The molecule has 0 fully saturated rings. The molecule has 0 amide bonds. The molecule has 5 heteroatoms. The summed E-state index contributed by atoms with van der Waals surface area (Å²) < 4.78 is 0. The highest BCUT2D eigenvalue weighted by Gasteiger charge is 2.09. The maximum absolute atomic E-state index is 9.41. The molecule has 0 aliphatic carbocycles. The Balaban J connectivity index is 1.96. The number of nitrogens with zero attached hydrogens (tertiary/aromatic N) is 4. The summed E-state index contributed by atoms with van der Waals surface area (Å²) >= 11 is 1.40.